The number of carboxylic acids is 1. The Hall–Kier alpha value is -1.93. The third-order valence-electron chi connectivity index (χ3n) is 13.4. The molecular formula is C58H112NO7+. The number of unbranched alkanes of at least 4 members (excludes halogenated alkanes) is 37. The highest BCUT2D eigenvalue weighted by molar-refractivity contribution is 5.72. The number of quaternary nitrogens is 1. The number of carbonyl (C=O) groups is 3. The summed E-state index contributed by atoms with van der Waals surface area (Å²) in [5.74, 6) is -1.45. The second-order valence-corrected chi connectivity index (χ2v) is 20.9. The summed E-state index contributed by atoms with van der Waals surface area (Å²) in [4.78, 5) is 37.3. The third kappa shape index (κ3) is 47.1. The lowest BCUT2D eigenvalue weighted by Gasteiger charge is -2.31. The number of likely N-dealkylation sites (N-methyl/N-ethyl adjacent to an activating group) is 1. The fourth-order valence-corrected chi connectivity index (χ4v) is 8.97. The van der Waals surface area contributed by atoms with Crippen LogP contribution in [-0.4, -0.2) is 80.6 Å². The molecule has 0 saturated heterocycles. The van der Waals surface area contributed by atoms with Gasteiger partial charge in [0.15, 0.2) is 12.1 Å². The molecule has 8 nitrogen and oxygen atoms in total. The predicted octanol–water partition coefficient (Wildman–Crippen LogP) is 17.0. The molecule has 0 aromatic carbocycles. The van der Waals surface area contributed by atoms with Crippen molar-refractivity contribution in [3.05, 3.63) is 12.2 Å². The summed E-state index contributed by atoms with van der Waals surface area (Å²) in [6, 6.07) is -0.612. The Balaban J connectivity index is 4.14. The molecule has 0 heterocycles. The average Bonchev–Trinajstić information content (AvgIpc) is 3.28. The monoisotopic (exact) mass is 935 g/mol. The molecule has 0 spiro atoms. The number of esters is 2. The minimum Gasteiger partial charge on any atom is -0.477 e. The van der Waals surface area contributed by atoms with Crippen molar-refractivity contribution in [2.24, 2.45) is 0 Å². The molecule has 0 aromatic heterocycles. The van der Waals surface area contributed by atoms with Gasteiger partial charge in [-0.25, -0.2) is 4.79 Å². The molecule has 0 bridgehead atoms. The highest BCUT2D eigenvalue weighted by atomic mass is 16.6. The van der Waals surface area contributed by atoms with Crippen LogP contribution in [-0.2, 0) is 28.6 Å². The molecule has 1 N–H and O–H groups in total. The van der Waals surface area contributed by atoms with E-state index in [4.69, 9.17) is 14.2 Å². The van der Waals surface area contributed by atoms with Gasteiger partial charge in [-0.05, 0) is 38.5 Å². The van der Waals surface area contributed by atoms with Gasteiger partial charge in [0.05, 0.1) is 34.4 Å². The largest absolute Gasteiger partial charge is 0.477 e. The maximum atomic E-state index is 12.8. The van der Waals surface area contributed by atoms with Crippen LogP contribution in [0.2, 0.25) is 0 Å². The van der Waals surface area contributed by atoms with Crippen LogP contribution in [0.15, 0.2) is 12.2 Å². The second kappa shape index (κ2) is 49.5. The van der Waals surface area contributed by atoms with E-state index in [0.29, 0.717) is 19.3 Å². The number of allylic oxidation sites excluding steroid dienone is 2. The van der Waals surface area contributed by atoms with E-state index in [0.717, 1.165) is 38.5 Å². The molecule has 0 fully saturated rings. The zero-order valence-electron chi connectivity index (χ0n) is 44.7. The van der Waals surface area contributed by atoms with Crippen LogP contribution in [0.5, 0.6) is 0 Å². The van der Waals surface area contributed by atoms with E-state index in [9.17, 15) is 19.5 Å². The molecular weight excluding hydrogens is 823 g/mol. The highest BCUT2D eigenvalue weighted by Crippen LogP contribution is 2.17. The van der Waals surface area contributed by atoms with Gasteiger partial charge in [-0.15, -0.1) is 0 Å². The van der Waals surface area contributed by atoms with Crippen molar-refractivity contribution in [2.45, 2.75) is 302 Å². The number of hydrogen-bond acceptors (Lipinski definition) is 6. The Morgan fingerprint density at radius 2 is 0.758 bits per heavy atom. The molecule has 0 aliphatic heterocycles. The SMILES string of the molecule is CCCCCCCCCCCCC/C=C/CCCCCCCCCC(=O)OC(COCCC(C(=O)O)[N+](C)(C)C)COC(=O)CCCCCCCCCCCCCCCCCCCCCC. The van der Waals surface area contributed by atoms with Crippen LogP contribution in [0.1, 0.15) is 290 Å². The minimum atomic E-state index is -0.870. The van der Waals surface area contributed by atoms with E-state index in [-0.39, 0.29) is 36.2 Å². The number of hydrogen-bond donors (Lipinski definition) is 1. The topological polar surface area (TPSA) is 99.1 Å². The molecule has 0 radical (unpaired) electrons. The molecule has 2 atom stereocenters. The first kappa shape index (κ1) is 64.1. The van der Waals surface area contributed by atoms with Gasteiger partial charge in [-0.3, -0.25) is 9.59 Å². The number of carbonyl (C=O) groups excluding carboxylic acids is 2. The molecule has 66 heavy (non-hydrogen) atoms. The van der Waals surface area contributed by atoms with Crippen LogP contribution in [0.3, 0.4) is 0 Å². The maximum Gasteiger partial charge on any atom is 0.362 e. The van der Waals surface area contributed by atoms with Crippen molar-refractivity contribution in [1.82, 2.24) is 0 Å². The van der Waals surface area contributed by atoms with Gasteiger partial charge in [0.25, 0.3) is 0 Å². The van der Waals surface area contributed by atoms with Crippen molar-refractivity contribution in [3.8, 4) is 0 Å². The van der Waals surface area contributed by atoms with Gasteiger partial charge >= 0.3 is 17.9 Å². The zero-order valence-corrected chi connectivity index (χ0v) is 44.7. The standard InChI is InChI=1S/C58H111NO7/c1-6-8-10-12-14-16-18-20-22-24-26-28-29-31-33-35-37-39-41-43-45-47-49-57(61)66-54(52-64-51-50-55(58(62)63)59(3,4)5)53-65-56(60)48-46-44-42-40-38-36-34-32-30-27-25-23-21-19-17-15-13-11-9-7-2/h29,31,54-55H,6-28,30,32-53H2,1-5H3/p+1/b31-29+. The Morgan fingerprint density at radius 3 is 1.09 bits per heavy atom. The first-order valence-corrected chi connectivity index (χ1v) is 28.7. The van der Waals surface area contributed by atoms with Gasteiger partial charge in [0.1, 0.15) is 6.61 Å². The second-order valence-electron chi connectivity index (χ2n) is 20.9. The fourth-order valence-electron chi connectivity index (χ4n) is 8.97. The molecule has 2 unspecified atom stereocenters. The molecule has 0 amide bonds. The van der Waals surface area contributed by atoms with Crippen molar-refractivity contribution < 1.29 is 38.2 Å². The first-order valence-electron chi connectivity index (χ1n) is 28.7. The summed E-state index contributed by atoms with van der Waals surface area (Å²) in [5, 5.41) is 9.67. The van der Waals surface area contributed by atoms with Crippen LogP contribution in [0, 0.1) is 0 Å². The lowest BCUT2D eigenvalue weighted by atomic mass is 10.0. The van der Waals surface area contributed by atoms with Crippen molar-refractivity contribution in [2.75, 3.05) is 41.0 Å². The Kier molecular flexibility index (Phi) is 48.0. The predicted molar refractivity (Wildman–Crippen MR) is 280 cm³/mol. The summed E-state index contributed by atoms with van der Waals surface area (Å²) < 4.78 is 17.4. The molecule has 0 rings (SSSR count). The fraction of sp³-hybridized carbons (Fsp3) is 0.914. The van der Waals surface area contributed by atoms with Crippen LogP contribution in [0.4, 0.5) is 0 Å². The van der Waals surface area contributed by atoms with Gasteiger partial charge in [0, 0.05) is 19.3 Å². The van der Waals surface area contributed by atoms with E-state index in [1.807, 2.05) is 21.1 Å². The van der Waals surface area contributed by atoms with Crippen molar-refractivity contribution in [3.63, 3.8) is 0 Å². The Labute approximate surface area is 409 Å². The summed E-state index contributed by atoms with van der Waals surface area (Å²) in [6.07, 6.45) is 57.0. The molecule has 390 valence electrons. The molecule has 0 aliphatic rings. The normalized spacial score (nSPS) is 12.8. The maximum absolute atomic E-state index is 12.8. The lowest BCUT2D eigenvalue weighted by Crippen LogP contribution is -2.50. The summed E-state index contributed by atoms with van der Waals surface area (Å²) >= 11 is 0. The number of carboxylic acid groups (broad SMARTS) is 1. The number of aliphatic carboxylic acids is 1. The van der Waals surface area contributed by atoms with Gasteiger partial charge < -0.3 is 23.8 Å². The summed E-state index contributed by atoms with van der Waals surface area (Å²) in [5.41, 5.74) is 0. The number of ether oxygens (including phenoxy) is 3. The number of nitrogens with zero attached hydrogens (tertiary/aromatic N) is 1. The zero-order chi connectivity index (χ0) is 48.4. The van der Waals surface area contributed by atoms with Gasteiger partial charge in [0.2, 0.25) is 0 Å². The van der Waals surface area contributed by atoms with Crippen LogP contribution < -0.4 is 0 Å². The smallest absolute Gasteiger partial charge is 0.362 e. The summed E-state index contributed by atoms with van der Waals surface area (Å²) in [7, 11) is 5.55. The van der Waals surface area contributed by atoms with E-state index in [2.05, 4.69) is 26.0 Å². The third-order valence-corrected chi connectivity index (χ3v) is 13.4. The van der Waals surface area contributed by atoms with Crippen LogP contribution >= 0.6 is 0 Å². The Bertz CT molecular complexity index is 1090. The molecule has 0 aromatic rings. The van der Waals surface area contributed by atoms with Crippen molar-refractivity contribution >= 4 is 17.9 Å². The molecule has 0 saturated carbocycles. The van der Waals surface area contributed by atoms with Crippen molar-refractivity contribution in [1.29, 1.82) is 0 Å². The number of rotatable bonds is 53. The van der Waals surface area contributed by atoms with Gasteiger partial charge in [-0.2, -0.15) is 0 Å². The van der Waals surface area contributed by atoms with E-state index >= 15 is 0 Å². The Morgan fingerprint density at radius 1 is 0.439 bits per heavy atom. The summed E-state index contributed by atoms with van der Waals surface area (Å²) in [6.45, 7) is 4.80. The quantitative estimate of drug-likeness (QED) is 0.0281. The van der Waals surface area contributed by atoms with Crippen LogP contribution in [0.25, 0.3) is 0 Å². The lowest BCUT2D eigenvalue weighted by molar-refractivity contribution is -0.887. The first-order chi connectivity index (χ1) is 32.1. The average molecular weight is 936 g/mol. The highest BCUT2D eigenvalue weighted by Gasteiger charge is 2.31. The molecule has 8 heteroatoms. The minimum absolute atomic E-state index is 0.0456. The van der Waals surface area contributed by atoms with E-state index in [1.165, 1.54) is 218 Å². The van der Waals surface area contributed by atoms with E-state index in [1.54, 1.807) is 0 Å². The van der Waals surface area contributed by atoms with E-state index < -0.39 is 18.1 Å². The van der Waals surface area contributed by atoms with Gasteiger partial charge in [-0.1, -0.05) is 244 Å². The molecule has 0 aliphatic carbocycles.